The van der Waals surface area contributed by atoms with Crippen LogP contribution in [0.1, 0.15) is 32.6 Å². The van der Waals surface area contributed by atoms with E-state index in [2.05, 4.69) is 11.8 Å². The summed E-state index contributed by atoms with van der Waals surface area (Å²) in [4.78, 5) is 2.50. The SMILES string of the molecule is CCOC1CCN(CCC2OCCCO2)CC1. The molecule has 4 nitrogen and oxygen atoms in total. The van der Waals surface area contributed by atoms with Crippen molar-refractivity contribution in [3.8, 4) is 0 Å². The van der Waals surface area contributed by atoms with Crippen LogP contribution in [0.25, 0.3) is 0 Å². The van der Waals surface area contributed by atoms with Gasteiger partial charge in [-0.2, -0.15) is 0 Å². The normalized spacial score (nSPS) is 25.2. The van der Waals surface area contributed by atoms with E-state index in [-0.39, 0.29) is 6.29 Å². The Morgan fingerprint density at radius 2 is 1.88 bits per heavy atom. The zero-order valence-electron chi connectivity index (χ0n) is 10.9. The molecule has 100 valence electrons. The largest absolute Gasteiger partial charge is 0.378 e. The standard InChI is InChI=1S/C13H25NO3/c1-2-15-12-4-7-14(8-5-12)9-6-13-16-10-3-11-17-13/h12-13H,2-11H2,1H3. The molecule has 0 amide bonds. The Morgan fingerprint density at radius 1 is 1.18 bits per heavy atom. The fourth-order valence-corrected chi connectivity index (χ4v) is 2.53. The number of hydrogen-bond donors (Lipinski definition) is 0. The predicted molar refractivity (Wildman–Crippen MR) is 66.0 cm³/mol. The maximum atomic E-state index is 5.65. The van der Waals surface area contributed by atoms with Gasteiger partial charge in [0, 0.05) is 32.7 Å². The lowest BCUT2D eigenvalue weighted by molar-refractivity contribution is -0.183. The Bertz CT molecular complexity index is 199. The molecule has 0 spiro atoms. The van der Waals surface area contributed by atoms with Crippen molar-refractivity contribution in [2.45, 2.75) is 45.0 Å². The third-order valence-electron chi connectivity index (χ3n) is 3.51. The molecular formula is C13H25NO3. The van der Waals surface area contributed by atoms with E-state index >= 15 is 0 Å². The number of likely N-dealkylation sites (tertiary alicyclic amines) is 1. The minimum absolute atomic E-state index is 0.0355. The van der Waals surface area contributed by atoms with Crippen molar-refractivity contribution in [3.05, 3.63) is 0 Å². The van der Waals surface area contributed by atoms with Crippen molar-refractivity contribution in [3.63, 3.8) is 0 Å². The summed E-state index contributed by atoms with van der Waals surface area (Å²) in [7, 11) is 0. The Morgan fingerprint density at radius 3 is 2.53 bits per heavy atom. The zero-order chi connectivity index (χ0) is 11.9. The van der Waals surface area contributed by atoms with Crippen molar-refractivity contribution in [1.82, 2.24) is 4.90 Å². The van der Waals surface area contributed by atoms with E-state index in [9.17, 15) is 0 Å². The second-order valence-corrected chi connectivity index (χ2v) is 4.81. The maximum Gasteiger partial charge on any atom is 0.158 e. The highest BCUT2D eigenvalue weighted by Crippen LogP contribution is 2.15. The Kier molecular flexibility index (Phi) is 5.71. The maximum absolute atomic E-state index is 5.65. The number of ether oxygens (including phenoxy) is 3. The van der Waals surface area contributed by atoms with E-state index in [4.69, 9.17) is 14.2 Å². The monoisotopic (exact) mass is 243 g/mol. The number of rotatable bonds is 5. The molecule has 0 aromatic carbocycles. The molecule has 0 aromatic rings. The average Bonchev–Trinajstić information content (AvgIpc) is 2.40. The van der Waals surface area contributed by atoms with Crippen LogP contribution in [0.2, 0.25) is 0 Å². The number of hydrogen-bond acceptors (Lipinski definition) is 4. The van der Waals surface area contributed by atoms with Gasteiger partial charge in [0.15, 0.2) is 6.29 Å². The van der Waals surface area contributed by atoms with Crippen LogP contribution in [0.3, 0.4) is 0 Å². The van der Waals surface area contributed by atoms with Gasteiger partial charge in [-0.3, -0.25) is 0 Å². The Labute approximate surface area is 104 Å². The Hall–Kier alpha value is -0.160. The van der Waals surface area contributed by atoms with Gasteiger partial charge in [-0.15, -0.1) is 0 Å². The van der Waals surface area contributed by atoms with E-state index in [1.807, 2.05) is 0 Å². The van der Waals surface area contributed by atoms with Gasteiger partial charge >= 0.3 is 0 Å². The topological polar surface area (TPSA) is 30.9 Å². The first-order chi connectivity index (χ1) is 8.38. The summed E-state index contributed by atoms with van der Waals surface area (Å²) in [5, 5.41) is 0. The van der Waals surface area contributed by atoms with E-state index in [0.717, 1.165) is 52.3 Å². The molecule has 0 saturated carbocycles. The lowest BCUT2D eigenvalue weighted by Crippen LogP contribution is -2.39. The van der Waals surface area contributed by atoms with Gasteiger partial charge in [0.05, 0.1) is 19.3 Å². The summed E-state index contributed by atoms with van der Waals surface area (Å²) in [6.45, 7) is 8.02. The highest BCUT2D eigenvalue weighted by Gasteiger charge is 2.21. The summed E-state index contributed by atoms with van der Waals surface area (Å²) in [5.41, 5.74) is 0. The highest BCUT2D eigenvalue weighted by atomic mass is 16.7. The minimum Gasteiger partial charge on any atom is -0.378 e. The molecular weight excluding hydrogens is 218 g/mol. The van der Waals surface area contributed by atoms with Crippen LogP contribution in [-0.2, 0) is 14.2 Å². The van der Waals surface area contributed by atoms with Crippen LogP contribution >= 0.6 is 0 Å². The first-order valence-corrected chi connectivity index (χ1v) is 6.95. The van der Waals surface area contributed by atoms with E-state index < -0.39 is 0 Å². The predicted octanol–water partition coefficient (Wildman–Crippen LogP) is 1.64. The quantitative estimate of drug-likeness (QED) is 0.734. The van der Waals surface area contributed by atoms with Crippen LogP contribution in [-0.4, -0.2) is 56.7 Å². The number of nitrogens with zero attached hydrogens (tertiary/aromatic N) is 1. The molecule has 0 radical (unpaired) electrons. The summed E-state index contributed by atoms with van der Waals surface area (Å²) in [5.74, 6) is 0. The van der Waals surface area contributed by atoms with Gasteiger partial charge in [0.2, 0.25) is 0 Å². The van der Waals surface area contributed by atoms with Crippen LogP contribution in [0, 0.1) is 0 Å². The first-order valence-electron chi connectivity index (χ1n) is 6.95. The minimum atomic E-state index is 0.0355. The molecule has 0 atom stereocenters. The third-order valence-corrected chi connectivity index (χ3v) is 3.51. The van der Waals surface area contributed by atoms with Crippen molar-refractivity contribution in [1.29, 1.82) is 0 Å². The third kappa shape index (κ3) is 4.54. The molecule has 17 heavy (non-hydrogen) atoms. The molecule has 2 rings (SSSR count). The molecule has 0 aromatic heterocycles. The van der Waals surface area contributed by atoms with Gasteiger partial charge in [-0.1, -0.05) is 0 Å². The van der Waals surface area contributed by atoms with Crippen molar-refractivity contribution >= 4 is 0 Å². The lowest BCUT2D eigenvalue weighted by Gasteiger charge is -2.33. The van der Waals surface area contributed by atoms with E-state index in [0.29, 0.717) is 6.10 Å². The molecule has 2 aliphatic heterocycles. The van der Waals surface area contributed by atoms with Crippen LogP contribution in [0.15, 0.2) is 0 Å². The van der Waals surface area contributed by atoms with Crippen molar-refractivity contribution < 1.29 is 14.2 Å². The molecule has 2 aliphatic rings. The summed E-state index contributed by atoms with van der Waals surface area (Å²) < 4.78 is 16.8. The zero-order valence-corrected chi connectivity index (χ0v) is 10.9. The lowest BCUT2D eigenvalue weighted by atomic mass is 10.1. The Balaban J connectivity index is 1.57. The van der Waals surface area contributed by atoms with Gasteiger partial charge in [-0.25, -0.2) is 0 Å². The molecule has 0 bridgehead atoms. The average molecular weight is 243 g/mol. The van der Waals surface area contributed by atoms with Crippen molar-refractivity contribution in [2.24, 2.45) is 0 Å². The second-order valence-electron chi connectivity index (χ2n) is 4.81. The first kappa shape index (κ1) is 13.3. The highest BCUT2D eigenvalue weighted by molar-refractivity contribution is 4.72. The molecule has 4 heteroatoms. The fraction of sp³-hybridized carbons (Fsp3) is 1.00. The van der Waals surface area contributed by atoms with Gasteiger partial charge < -0.3 is 19.1 Å². The molecule has 2 fully saturated rings. The van der Waals surface area contributed by atoms with Crippen LogP contribution < -0.4 is 0 Å². The summed E-state index contributed by atoms with van der Waals surface area (Å²) in [6, 6.07) is 0. The summed E-state index contributed by atoms with van der Waals surface area (Å²) >= 11 is 0. The molecule has 2 saturated heterocycles. The molecule has 0 aliphatic carbocycles. The number of piperidine rings is 1. The van der Waals surface area contributed by atoms with Gasteiger partial charge in [-0.05, 0) is 26.2 Å². The van der Waals surface area contributed by atoms with E-state index in [1.54, 1.807) is 0 Å². The smallest absolute Gasteiger partial charge is 0.158 e. The van der Waals surface area contributed by atoms with Crippen LogP contribution in [0.5, 0.6) is 0 Å². The van der Waals surface area contributed by atoms with Crippen LogP contribution in [0.4, 0.5) is 0 Å². The van der Waals surface area contributed by atoms with Crippen molar-refractivity contribution in [2.75, 3.05) is 39.5 Å². The molecule has 0 N–H and O–H groups in total. The second kappa shape index (κ2) is 7.31. The molecule has 2 heterocycles. The fourth-order valence-electron chi connectivity index (χ4n) is 2.53. The van der Waals surface area contributed by atoms with Gasteiger partial charge in [0.25, 0.3) is 0 Å². The van der Waals surface area contributed by atoms with Gasteiger partial charge in [0.1, 0.15) is 0 Å². The molecule has 0 unspecified atom stereocenters. The summed E-state index contributed by atoms with van der Waals surface area (Å²) in [6.07, 6.45) is 4.89. The van der Waals surface area contributed by atoms with E-state index in [1.165, 1.54) is 12.8 Å².